The number of nitrogen functional groups attached to an aromatic ring is 1. The van der Waals surface area contributed by atoms with Crippen LogP contribution >= 0.6 is 0 Å². The van der Waals surface area contributed by atoms with Crippen LogP contribution in [0, 0.1) is 0 Å². The van der Waals surface area contributed by atoms with Crippen molar-refractivity contribution >= 4 is 11.6 Å². The van der Waals surface area contributed by atoms with Gasteiger partial charge in [0, 0.05) is 19.3 Å². The van der Waals surface area contributed by atoms with E-state index >= 15 is 0 Å². The number of carbonyl (C=O) groups excluding carboxylic acids is 1. The second-order valence-electron chi connectivity index (χ2n) is 4.02. The Bertz CT molecular complexity index is 386. The second-order valence-corrected chi connectivity index (χ2v) is 4.02. The summed E-state index contributed by atoms with van der Waals surface area (Å²) in [6.45, 7) is 1.35. The van der Waals surface area contributed by atoms with Gasteiger partial charge in [-0.3, -0.25) is 4.79 Å². The maximum Gasteiger partial charge on any atom is 0.256 e. The molecule has 1 saturated heterocycles. The Kier molecular flexibility index (Phi) is 3.10. The van der Waals surface area contributed by atoms with Gasteiger partial charge in [-0.2, -0.15) is 0 Å². The van der Waals surface area contributed by atoms with E-state index in [9.17, 15) is 4.79 Å². The number of rotatable bonds is 2. The molecule has 1 aromatic rings. The van der Waals surface area contributed by atoms with Gasteiger partial charge in [0.05, 0.1) is 18.2 Å². The summed E-state index contributed by atoms with van der Waals surface area (Å²) in [4.78, 5) is 13.9. The smallest absolute Gasteiger partial charge is 0.256 e. The molecule has 0 saturated carbocycles. The first-order valence-corrected chi connectivity index (χ1v) is 5.39. The molecule has 1 unspecified atom stereocenters. The fourth-order valence-electron chi connectivity index (χ4n) is 1.88. The summed E-state index contributed by atoms with van der Waals surface area (Å²) in [5.74, 6) is -0.0337. The quantitative estimate of drug-likeness (QED) is 0.760. The standard InChI is InChI=1S/C12H16N2O2/c1-14(9-6-7-16-8-9)12(15)10-4-2-3-5-11(10)13/h2-5,9H,6-8,13H2,1H3. The summed E-state index contributed by atoms with van der Waals surface area (Å²) in [6.07, 6.45) is 0.898. The van der Waals surface area contributed by atoms with E-state index in [1.807, 2.05) is 12.1 Å². The van der Waals surface area contributed by atoms with Crippen LogP contribution in [0.15, 0.2) is 24.3 Å². The third kappa shape index (κ3) is 2.02. The minimum absolute atomic E-state index is 0.0337. The maximum atomic E-state index is 12.1. The van der Waals surface area contributed by atoms with Gasteiger partial charge in [-0.1, -0.05) is 12.1 Å². The minimum Gasteiger partial charge on any atom is -0.398 e. The van der Waals surface area contributed by atoms with Crippen molar-refractivity contribution in [2.75, 3.05) is 26.0 Å². The summed E-state index contributed by atoms with van der Waals surface area (Å²) in [7, 11) is 1.80. The van der Waals surface area contributed by atoms with E-state index in [4.69, 9.17) is 10.5 Å². The summed E-state index contributed by atoms with van der Waals surface area (Å²) in [5, 5.41) is 0. The van der Waals surface area contributed by atoms with E-state index < -0.39 is 0 Å². The van der Waals surface area contributed by atoms with Crippen LogP contribution < -0.4 is 5.73 Å². The number of benzene rings is 1. The van der Waals surface area contributed by atoms with Gasteiger partial charge in [-0.15, -0.1) is 0 Å². The molecule has 0 bridgehead atoms. The summed E-state index contributed by atoms with van der Waals surface area (Å²) in [6, 6.07) is 7.32. The molecule has 2 N–H and O–H groups in total. The zero-order valence-electron chi connectivity index (χ0n) is 9.35. The second kappa shape index (κ2) is 4.53. The normalized spacial score (nSPS) is 19.7. The number of ether oxygens (including phenoxy) is 1. The highest BCUT2D eigenvalue weighted by atomic mass is 16.5. The molecule has 1 fully saturated rings. The molecule has 1 aliphatic rings. The highest BCUT2D eigenvalue weighted by Crippen LogP contribution is 2.17. The monoisotopic (exact) mass is 220 g/mol. The van der Waals surface area contributed by atoms with Crippen LogP contribution in [0.4, 0.5) is 5.69 Å². The van der Waals surface area contributed by atoms with Crippen molar-refractivity contribution in [3.8, 4) is 0 Å². The van der Waals surface area contributed by atoms with E-state index in [1.165, 1.54) is 0 Å². The number of hydrogen-bond acceptors (Lipinski definition) is 3. The van der Waals surface area contributed by atoms with Crippen LogP contribution in [-0.2, 0) is 4.74 Å². The van der Waals surface area contributed by atoms with E-state index in [0.717, 1.165) is 13.0 Å². The lowest BCUT2D eigenvalue weighted by atomic mass is 10.1. The van der Waals surface area contributed by atoms with Crippen LogP contribution in [0.25, 0.3) is 0 Å². The molecule has 1 aromatic carbocycles. The molecular weight excluding hydrogens is 204 g/mol. The highest BCUT2D eigenvalue weighted by molar-refractivity contribution is 5.99. The minimum atomic E-state index is -0.0337. The predicted octanol–water partition coefficient (Wildman–Crippen LogP) is 1.13. The summed E-state index contributed by atoms with van der Waals surface area (Å²) in [5.41, 5.74) is 6.87. The third-order valence-electron chi connectivity index (χ3n) is 2.96. The number of para-hydroxylation sites is 1. The number of nitrogens with two attached hydrogens (primary N) is 1. The Morgan fingerprint density at radius 3 is 2.88 bits per heavy atom. The number of anilines is 1. The van der Waals surface area contributed by atoms with E-state index in [0.29, 0.717) is 17.9 Å². The molecule has 16 heavy (non-hydrogen) atoms. The van der Waals surface area contributed by atoms with Gasteiger partial charge in [-0.25, -0.2) is 0 Å². The molecule has 1 atom stereocenters. The molecule has 2 rings (SSSR count). The lowest BCUT2D eigenvalue weighted by Gasteiger charge is -2.23. The fraction of sp³-hybridized carbons (Fsp3) is 0.417. The van der Waals surface area contributed by atoms with Crippen LogP contribution in [0.3, 0.4) is 0 Å². The van der Waals surface area contributed by atoms with Gasteiger partial charge in [0.15, 0.2) is 0 Å². The lowest BCUT2D eigenvalue weighted by Crippen LogP contribution is -2.37. The Morgan fingerprint density at radius 1 is 1.50 bits per heavy atom. The summed E-state index contributed by atoms with van der Waals surface area (Å²) < 4.78 is 5.27. The maximum absolute atomic E-state index is 12.1. The molecule has 0 aromatic heterocycles. The van der Waals surface area contributed by atoms with Crippen LogP contribution in [0.2, 0.25) is 0 Å². The van der Waals surface area contributed by atoms with Crippen LogP contribution in [0.5, 0.6) is 0 Å². The van der Waals surface area contributed by atoms with Crippen molar-refractivity contribution in [3.63, 3.8) is 0 Å². The predicted molar refractivity (Wildman–Crippen MR) is 62.2 cm³/mol. The van der Waals surface area contributed by atoms with Gasteiger partial charge < -0.3 is 15.4 Å². The zero-order valence-corrected chi connectivity index (χ0v) is 9.35. The molecule has 4 heteroatoms. The van der Waals surface area contributed by atoms with Crippen molar-refractivity contribution in [1.29, 1.82) is 0 Å². The molecule has 0 aliphatic carbocycles. The lowest BCUT2D eigenvalue weighted by molar-refractivity contribution is 0.0712. The number of hydrogen-bond donors (Lipinski definition) is 1. The van der Waals surface area contributed by atoms with Crippen molar-refractivity contribution in [3.05, 3.63) is 29.8 Å². The zero-order chi connectivity index (χ0) is 11.5. The van der Waals surface area contributed by atoms with Gasteiger partial charge in [0.1, 0.15) is 0 Å². The Labute approximate surface area is 95.0 Å². The molecule has 0 radical (unpaired) electrons. The number of likely N-dealkylation sites (N-methyl/N-ethyl adjacent to an activating group) is 1. The first-order chi connectivity index (χ1) is 7.70. The molecule has 4 nitrogen and oxygen atoms in total. The van der Waals surface area contributed by atoms with Crippen molar-refractivity contribution < 1.29 is 9.53 Å². The number of carbonyl (C=O) groups is 1. The van der Waals surface area contributed by atoms with Crippen molar-refractivity contribution in [2.45, 2.75) is 12.5 Å². The average Bonchev–Trinajstić information content (AvgIpc) is 2.81. The van der Waals surface area contributed by atoms with E-state index in [2.05, 4.69) is 0 Å². The van der Waals surface area contributed by atoms with Crippen LogP contribution in [-0.4, -0.2) is 37.1 Å². The number of nitrogens with zero attached hydrogens (tertiary/aromatic N) is 1. The van der Waals surface area contributed by atoms with Gasteiger partial charge in [0.2, 0.25) is 0 Å². The van der Waals surface area contributed by atoms with E-state index in [-0.39, 0.29) is 11.9 Å². The Hall–Kier alpha value is -1.55. The Balaban J connectivity index is 2.15. The van der Waals surface area contributed by atoms with Crippen molar-refractivity contribution in [1.82, 2.24) is 4.90 Å². The molecule has 86 valence electrons. The SMILES string of the molecule is CN(C(=O)c1ccccc1N)C1CCOC1. The van der Waals surface area contributed by atoms with Gasteiger partial charge in [-0.05, 0) is 18.6 Å². The Morgan fingerprint density at radius 2 is 2.25 bits per heavy atom. The van der Waals surface area contributed by atoms with Crippen LogP contribution in [0.1, 0.15) is 16.8 Å². The topological polar surface area (TPSA) is 55.6 Å². The molecule has 1 heterocycles. The van der Waals surface area contributed by atoms with Gasteiger partial charge >= 0.3 is 0 Å². The third-order valence-corrected chi connectivity index (χ3v) is 2.96. The first-order valence-electron chi connectivity index (χ1n) is 5.39. The van der Waals surface area contributed by atoms with Gasteiger partial charge in [0.25, 0.3) is 5.91 Å². The highest BCUT2D eigenvalue weighted by Gasteiger charge is 2.25. The molecule has 1 amide bonds. The number of amides is 1. The molecule has 1 aliphatic heterocycles. The van der Waals surface area contributed by atoms with E-state index in [1.54, 1.807) is 24.1 Å². The fourth-order valence-corrected chi connectivity index (χ4v) is 1.88. The molecular formula is C12H16N2O2. The average molecular weight is 220 g/mol. The largest absolute Gasteiger partial charge is 0.398 e. The first kappa shape index (κ1) is 11.0. The molecule has 0 spiro atoms. The van der Waals surface area contributed by atoms with Crippen molar-refractivity contribution in [2.24, 2.45) is 0 Å². The summed E-state index contributed by atoms with van der Waals surface area (Å²) >= 11 is 0.